The van der Waals surface area contributed by atoms with Crippen LogP contribution in [0.1, 0.15) is 18.5 Å². The summed E-state index contributed by atoms with van der Waals surface area (Å²) in [6.07, 6.45) is 0. The molecule has 0 radical (unpaired) electrons. The van der Waals surface area contributed by atoms with Crippen LogP contribution >= 0.6 is 11.6 Å². The van der Waals surface area contributed by atoms with Gasteiger partial charge in [-0.25, -0.2) is 0 Å². The van der Waals surface area contributed by atoms with Crippen LogP contribution in [0.15, 0.2) is 24.3 Å². The molecule has 1 aromatic carbocycles. The Morgan fingerprint density at radius 1 is 1.17 bits per heavy atom. The molecule has 1 unspecified atom stereocenters. The van der Waals surface area contributed by atoms with Crippen LogP contribution < -0.4 is 5.73 Å². The summed E-state index contributed by atoms with van der Waals surface area (Å²) in [7, 11) is 0. The van der Waals surface area contributed by atoms with Crippen LogP contribution in [0.25, 0.3) is 0 Å². The van der Waals surface area contributed by atoms with Crippen molar-refractivity contribution in [3.63, 3.8) is 0 Å². The highest BCUT2D eigenvalue weighted by Crippen LogP contribution is 2.22. The topological polar surface area (TPSA) is 32.5 Å². The third-order valence-electron chi connectivity index (χ3n) is 3.77. The molecule has 1 heterocycles. The molecule has 4 heteroatoms. The average Bonchev–Trinajstić information content (AvgIpc) is 2.42. The number of piperazine rings is 1. The van der Waals surface area contributed by atoms with Gasteiger partial charge in [0, 0.05) is 43.8 Å². The predicted octanol–water partition coefficient (Wildman–Crippen LogP) is 1.98. The first-order valence-corrected chi connectivity index (χ1v) is 7.04. The van der Waals surface area contributed by atoms with E-state index in [0.29, 0.717) is 12.6 Å². The summed E-state index contributed by atoms with van der Waals surface area (Å²) in [6, 6.07) is 8.39. The van der Waals surface area contributed by atoms with E-state index in [-0.39, 0.29) is 0 Å². The lowest BCUT2D eigenvalue weighted by Crippen LogP contribution is -2.48. The van der Waals surface area contributed by atoms with E-state index in [0.717, 1.165) is 37.7 Å². The SMILES string of the molecule is CCN1CCN(C(CN)c2ccc(Cl)cc2)CC1. The molecule has 0 bridgehead atoms. The fourth-order valence-corrected chi connectivity index (χ4v) is 2.70. The van der Waals surface area contributed by atoms with E-state index < -0.39 is 0 Å². The molecule has 1 aromatic rings. The Morgan fingerprint density at radius 3 is 2.28 bits per heavy atom. The van der Waals surface area contributed by atoms with Crippen LogP contribution in [0, 0.1) is 0 Å². The smallest absolute Gasteiger partial charge is 0.0471 e. The molecule has 1 aliphatic rings. The van der Waals surface area contributed by atoms with Gasteiger partial charge in [-0.3, -0.25) is 4.90 Å². The van der Waals surface area contributed by atoms with Gasteiger partial charge in [-0.15, -0.1) is 0 Å². The Bertz CT molecular complexity index is 358. The van der Waals surface area contributed by atoms with Crippen LogP contribution in [0.5, 0.6) is 0 Å². The van der Waals surface area contributed by atoms with Gasteiger partial charge >= 0.3 is 0 Å². The van der Waals surface area contributed by atoms with E-state index >= 15 is 0 Å². The summed E-state index contributed by atoms with van der Waals surface area (Å²) in [5.74, 6) is 0. The third kappa shape index (κ3) is 3.23. The number of nitrogens with two attached hydrogens (primary N) is 1. The maximum absolute atomic E-state index is 5.95. The molecular formula is C14H22ClN3. The molecule has 0 amide bonds. The zero-order valence-electron chi connectivity index (χ0n) is 11.0. The average molecular weight is 268 g/mol. The van der Waals surface area contributed by atoms with E-state index in [9.17, 15) is 0 Å². The molecule has 2 N–H and O–H groups in total. The van der Waals surface area contributed by atoms with E-state index in [4.69, 9.17) is 17.3 Å². The van der Waals surface area contributed by atoms with Crippen LogP contribution in [0.2, 0.25) is 5.02 Å². The first kappa shape index (κ1) is 13.8. The zero-order valence-corrected chi connectivity index (χ0v) is 11.7. The fourth-order valence-electron chi connectivity index (χ4n) is 2.57. The fraction of sp³-hybridized carbons (Fsp3) is 0.571. The van der Waals surface area contributed by atoms with Crippen molar-refractivity contribution < 1.29 is 0 Å². The van der Waals surface area contributed by atoms with Crippen molar-refractivity contribution in [1.82, 2.24) is 9.80 Å². The van der Waals surface area contributed by atoms with Gasteiger partial charge in [0.2, 0.25) is 0 Å². The van der Waals surface area contributed by atoms with Crippen LogP contribution in [-0.4, -0.2) is 49.1 Å². The Morgan fingerprint density at radius 2 is 1.78 bits per heavy atom. The summed E-state index contributed by atoms with van der Waals surface area (Å²) in [5.41, 5.74) is 7.22. The number of benzene rings is 1. The van der Waals surface area contributed by atoms with E-state index in [2.05, 4.69) is 28.9 Å². The highest BCUT2D eigenvalue weighted by Gasteiger charge is 2.23. The van der Waals surface area contributed by atoms with Gasteiger partial charge in [0.1, 0.15) is 0 Å². The molecule has 1 saturated heterocycles. The molecule has 18 heavy (non-hydrogen) atoms. The number of halogens is 1. The Kier molecular flexibility index (Phi) is 5.01. The number of nitrogens with zero attached hydrogens (tertiary/aromatic N) is 2. The standard InChI is InChI=1S/C14H22ClN3/c1-2-17-7-9-18(10-8-17)14(11-16)12-3-5-13(15)6-4-12/h3-6,14H,2,7-11,16H2,1H3. The van der Waals surface area contributed by atoms with Crippen LogP contribution in [0.4, 0.5) is 0 Å². The molecule has 3 nitrogen and oxygen atoms in total. The van der Waals surface area contributed by atoms with Gasteiger partial charge in [0.25, 0.3) is 0 Å². The largest absolute Gasteiger partial charge is 0.329 e. The summed E-state index contributed by atoms with van der Waals surface area (Å²) in [5, 5.41) is 0.783. The molecule has 1 fully saturated rings. The summed E-state index contributed by atoms with van der Waals surface area (Å²) < 4.78 is 0. The second-order valence-corrected chi connectivity index (χ2v) is 5.21. The number of likely N-dealkylation sites (N-methyl/N-ethyl adjacent to an activating group) is 1. The van der Waals surface area contributed by atoms with E-state index in [1.54, 1.807) is 0 Å². The van der Waals surface area contributed by atoms with E-state index in [1.807, 2.05) is 12.1 Å². The first-order valence-electron chi connectivity index (χ1n) is 6.66. The van der Waals surface area contributed by atoms with Gasteiger partial charge < -0.3 is 10.6 Å². The summed E-state index contributed by atoms with van der Waals surface area (Å²) in [6.45, 7) is 8.49. The van der Waals surface area contributed by atoms with Crippen molar-refractivity contribution in [2.45, 2.75) is 13.0 Å². The van der Waals surface area contributed by atoms with Crippen molar-refractivity contribution in [1.29, 1.82) is 0 Å². The zero-order chi connectivity index (χ0) is 13.0. The monoisotopic (exact) mass is 267 g/mol. The third-order valence-corrected chi connectivity index (χ3v) is 4.02. The van der Waals surface area contributed by atoms with Crippen LogP contribution in [-0.2, 0) is 0 Å². The van der Waals surface area contributed by atoms with Gasteiger partial charge in [-0.05, 0) is 24.2 Å². The highest BCUT2D eigenvalue weighted by atomic mass is 35.5. The Balaban J connectivity index is 2.03. The molecule has 0 spiro atoms. The van der Waals surface area contributed by atoms with E-state index in [1.165, 1.54) is 5.56 Å². The second-order valence-electron chi connectivity index (χ2n) is 4.77. The maximum Gasteiger partial charge on any atom is 0.0471 e. The van der Waals surface area contributed by atoms with Gasteiger partial charge in [0.05, 0.1) is 0 Å². The van der Waals surface area contributed by atoms with Crippen molar-refractivity contribution in [3.05, 3.63) is 34.9 Å². The molecular weight excluding hydrogens is 246 g/mol. The molecule has 0 saturated carbocycles. The van der Waals surface area contributed by atoms with Crippen molar-refractivity contribution in [2.75, 3.05) is 39.3 Å². The number of hydrogen-bond acceptors (Lipinski definition) is 3. The van der Waals surface area contributed by atoms with Crippen molar-refractivity contribution >= 4 is 11.6 Å². The molecule has 1 atom stereocenters. The lowest BCUT2D eigenvalue weighted by atomic mass is 10.0. The maximum atomic E-state index is 5.95. The molecule has 2 rings (SSSR count). The summed E-state index contributed by atoms with van der Waals surface area (Å²) >= 11 is 5.93. The molecule has 100 valence electrons. The number of hydrogen-bond donors (Lipinski definition) is 1. The first-order chi connectivity index (χ1) is 8.74. The lowest BCUT2D eigenvalue weighted by molar-refractivity contribution is 0.102. The quantitative estimate of drug-likeness (QED) is 0.906. The van der Waals surface area contributed by atoms with Crippen LogP contribution in [0.3, 0.4) is 0 Å². The number of rotatable bonds is 4. The van der Waals surface area contributed by atoms with Crippen molar-refractivity contribution in [3.8, 4) is 0 Å². The minimum atomic E-state index is 0.321. The minimum Gasteiger partial charge on any atom is -0.329 e. The lowest BCUT2D eigenvalue weighted by Gasteiger charge is -2.38. The predicted molar refractivity (Wildman–Crippen MR) is 76.9 cm³/mol. The molecule has 0 aliphatic carbocycles. The van der Waals surface area contributed by atoms with Crippen molar-refractivity contribution in [2.24, 2.45) is 5.73 Å². The van der Waals surface area contributed by atoms with Gasteiger partial charge in [-0.2, -0.15) is 0 Å². The second kappa shape index (κ2) is 6.53. The minimum absolute atomic E-state index is 0.321. The Hall–Kier alpha value is -0.610. The Labute approximate surface area is 115 Å². The molecule has 0 aromatic heterocycles. The molecule has 1 aliphatic heterocycles. The van der Waals surface area contributed by atoms with Gasteiger partial charge in [0.15, 0.2) is 0 Å². The highest BCUT2D eigenvalue weighted by molar-refractivity contribution is 6.30. The normalized spacial score (nSPS) is 19.9. The van der Waals surface area contributed by atoms with Gasteiger partial charge in [-0.1, -0.05) is 30.7 Å². The summed E-state index contributed by atoms with van der Waals surface area (Å²) in [4.78, 5) is 4.96.